The highest BCUT2D eigenvalue weighted by atomic mass is 35.5. The molecule has 4 rings (SSSR count). The molecule has 0 bridgehead atoms. The fraction of sp³-hybridized carbons (Fsp3) is 0.0870. The summed E-state index contributed by atoms with van der Waals surface area (Å²) in [6.07, 6.45) is -0.875. The predicted molar refractivity (Wildman–Crippen MR) is 135 cm³/mol. The molecule has 1 heterocycles. The molecule has 0 saturated heterocycles. The van der Waals surface area contributed by atoms with Gasteiger partial charge in [0, 0.05) is 10.7 Å². The van der Waals surface area contributed by atoms with E-state index in [0.29, 0.717) is 33.1 Å². The zero-order valence-corrected chi connectivity index (χ0v) is 20.4. The number of halogens is 4. The summed E-state index contributed by atoms with van der Waals surface area (Å²) in [7, 11) is 0. The lowest BCUT2D eigenvalue weighted by molar-refractivity contribution is -0.125. The zero-order chi connectivity index (χ0) is 24.4. The fourth-order valence-corrected chi connectivity index (χ4v) is 3.89. The van der Waals surface area contributed by atoms with Crippen molar-refractivity contribution < 1.29 is 18.3 Å². The third kappa shape index (κ3) is 5.59. The molecule has 0 spiro atoms. The van der Waals surface area contributed by atoms with Gasteiger partial charge < -0.3 is 14.5 Å². The van der Waals surface area contributed by atoms with Gasteiger partial charge in [0.15, 0.2) is 16.8 Å². The molecule has 2 N–H and O–H groups in total. The van der Waals surface area contributed by atoms with Crippen LogP contribution in [0.25, 0.3) is 22.6 Å². The number of hydrogen-bond donors (Lipinski definition) is 2. The van der Waals surface area contributed by atoms with Crippen molar-refractivity contribution >= 4 is 74.8 Å². The molecule has 11 heteroatoms. The Kier molecular flexibility index (Phi) is 7.23. The average Bonchev–Trinajstić information content (AvgIpc) is 3.18. The second-order valence-electron chi connectivity index (χ2n) is 7.10. The normalized spacial score (nSPS) is 11.8. The van der Waals surface area contributed by atoms with E-state index in [1.165, 1.54) is 24.3 Å². The quantitative estimate of drug-likeness (QED) is 0.270. The van der Waals surface area contributed by atoms with E-state index < -0.39 is 17.8 Å². The monoisotopic (exact) mass is 537 g/mol. The molecule has 4 aromatic rings. The van der Waals surface area contributed by atoms with Crippen molar-refractivity contribution in [2.45, 2.75) is 13.0 Å². The van der Waals surface area contributed by atoms with E-state index in [2.05, 4.69) is 15.6 Å². The topological polar surface area (TPSA) is 76.4 Å². The number of nitrogens with one attached hydrogen (secondary N) is 2. The highest BCUT2D eigenvalue weighted by molar-refractivity contribution is 7.80. The van der Waals surface area contributed by atoms with Gasteiger partial charge in [-0.2, -0.15) is 0 Å². The summed E-state index contributed by atoms with van der Waals surface area (Å²) in [4.78, 5) is 16.9. The molecule has 1 unspecified atom stereocenters. The number of ether oxygens (including phenoxy) is 1. The van der Waals surface area contributed by atoms with Gasteiger partial charge in [-0.15, -0.1) is 0 Å². The number of nitrogens with zero attached hydrogens (tertiary/aromatic N) is 1. The van der Waals surface area contributed by atoms with Crippen LogP contribution in [0.4, 0.5) is 10.1 Å². The number of oxazole rings is 1. The van der Waals surface area contributed by atoms with Crippen molar-refractivity contribution in [3.63, 3.8) is 0 Å². The van der Waals surface area contributed by atoms with Crippen molar-refractivity contribution in [3.05, 3.63) is 75.5 Å². The highest BCUT2D eigenvalue weighted by Gasteiger charge is 2.18. The molecule has 174 valence electrons. The molecule has 1 amide bonds. The minimum absolute atomic E-state index is 0.0623. The van der Waals surface area contributed by atoms with Crippen LogP contribution in [0.2, 0.25) is 15.1 Å². The van der Waals surface area contributed by atoms with Crippen LogP contribution in [0, 0.1) is 5.82 Å². The van der Waals surface area contributed by atoms with Gasteiger partial charge in [0.1, 0.15) is 17.1 Å². The summed E-state index contributed by atoms with van der Waals surface area (Å²) in [5.41, 5.74) is 2.05. The number of carbonyl (C=O) groups is 1. The highest BCUT2D eigenvalue weighted by Crippen LogP contribution is 2.31. The first-order valence-electron chi connectivity index (χ1n) is 9.79. The molecule has 0 aliphatic heterocycles. The Labute approximate surface area is 214 Å². The molecule has 6 nitrogen and oxygen atoms in total. The Balaban J connectivity index is 1.41. The van der Waals surface area contributed by atoms with Crippen molar-refractivity contribution in [1.29, 1.82) is 0 Å². The largest absolute Gasteiger partial charge is 0.479 e. The van der Waals surface area contributed by atoms with Crippen molar-refractivity contribution in [3.8, 4) is 17.2 Å². The SMILES string of the molecule is CC(Oc1ccc(Cl)cc1Cl)C(=O)NC(=S)Nc1ccc2oc(-c3ccc(F)cc3Cl)nc2c1. The average molecular weight is 539 g/mol. The molecule has 0 saturated carbocycles. The zero-order valence-electron chi connectivity index (χ0n) is 17.4. The molecule has 34 heavy (non-hydrogen) atoms. The molecular formula is C23H15Cl3FN3O3S. The number of carbonyl (C=O) groups excluding carboxylic acids is 1. The molecule has 0 radical (unpaired) electrons. The lowest BCUT2D eigenvalue weighted by Crippen LogP contribution is -2.42. The Morgan fingerprint density at radius 1 is 1.09 bits per heavy atom. The molecule has 0 fully saturated rings. The van der Waals surface area contributed by atoms with Gasteiger partial charge in [-0.25, -0.2) is 9.37 Å². The minimum atomic E-state index is -0.875. The first-order chi connectivity index (χ1) is 16.2. The molecule has 3 aromatic carbocycles. The smallest absolute Gasteiger partial charge is 0.266 e. The molecule has 0 aliphatic carbocycles. The maximum atomic E-state index is 13.3. The van der Waals surface area contributed by atoms with Crippen LogP contribution >= 0.6 is 47.0 Å². The van der Waals surface area contributed by atoms with Crippen LogP contribution < -0.4 is 15.4 Å². The third-order valence-electron chi connectivity index (χ3n) is 4.61. The maximum Gasteiger partial charge on any atom is 0.266 e. The Morgan fingerprint density at radius 3 is 2.62 bits per heavy atom. The van der Waals surface area contributed by atoms with Gasteiger partial charge >= 0.3 is 0 Å². The standard InChI is InChI=1S/C23H15Cl3FN3O3S/c1-11(32-19-6-2-12(24)8-17(19)26)21(31)30-23(34)28-14-4-7-20-18(10-14)29-22(33-20)15-5-3-13(27)9-16(15)25/h2-11H,1H3,(H2,28,30,31,34). The molecule has 1 atom stereocenters. The summed E-state index contributed by atoms with van der Waals surface area (Å²) in [6, 6.07) is 13.7. The minimum Gasteiger partial charge on any atom is -0.479 e. The van der Waals surface area contributed by atoms with Gasteiger partial charge in [-0.3, -0.25) is 10.1 Å². The van der Waals surface area contributed by atoms with E-state index in [1.807, 2.05) is 0 Å². The predicted octanol–water partition coefficient (Wildman–Crippen LogP) is 6.87. The summed E-state index contributed by atoms with van der Waals surface area (Å²) < 4.78 is 24.6. The fourth-order valence-electron chi connectivity index (χ4n) is 2.97. The van der Waals surface area contributed by atoms with E-state index >= 15 is 0 Å². The summed E-state index contributed by atoms with van der Waals surface area (Å²) in [6.45, 7) is 1.56. The number of anilines is 1. The van der Waals surface area contributed by atoms with Gasteiger partial charge in [-0.05, 0) is 73.7 Å². The van der Waals surface area contributed by atoms with Gasteiger partial charge in [-0.1, -0.05) is 34.8 Å². The van der Waals surface area contributed by atoms with Crippen LogP contribution in [-0.2, 0) is 4.79 Å². The van der Waals surface area contributed by atoms with Crippen LogP contribution in [0.15, 0.2) is 59.0 Å². The lowest BCUT2D eigenvalue weighted by atomic mass is 10.2. The number of rotatable bonds is 5. The third-order valence-corrected chi connectivity index (χ3v) is 5.66. The lowest BCUT2D eigenvalue weighted by Gasteiger charge is -2.16. The van der Waals surface area contributed by atoms with Crippen LogP contribution in [0.5, 0.6) is 5.75 Å². The van der Waals surface area contributed by atoms with E-state index in [0.717, 1.165) is 0 Å². The van der Waals surface area contributed by atoms with Crippen molar-refractivity contribution in [1.82, 2.24) is 10.3 Å². The Morgan fingerprint density at radius 2 is 1.88 bits per heavy atom. The number of hydrogen-bond acceptors (Lipinski definition) is 5. The number of benzene rings is 3. The van der Waals surface area contributed by atoms with Crippen molar-refractivity contribution in [2.75, 3.05) is 5.32 Å². The summed E-state index contributed by atoms with van der Waals surface area (Å²) in [5.74, 6) is -0.358. The maximum absolute atomic E-state index is 13.3. The number of aromatic nitrogens is 1. The van der Waals surface area contributed by atoms with Gasteiger partial charge in [0.2, 0.25) is 5.89 Å². The van der Waals surface area contributed by atoms with Crippen molar-refractivity contribution in [2.24, 2.45) is 0 Å². The second kappa shape index (κ2) is 10.1. The first kappa shape index (κ1) is 24.2. The number of fused-ring (bicyclic) bond motifs is 1. The van der Waals surface area contributed by atoms with Crippen LogP contribution in [-0.4, -0.2) is 22.1 Å². The van der Waals surface area contributed by atoms with E-state index in [4.69, 9.17) is 56.2 Å². The molecule has 0 aliphatic rings. The van der Waals surface area contributed by atoms with Crippen LogP contribution in [0.3, 0.4) is 0 Å². The van der Waals surface area contributed by atoms with Crippen LogP contribution in [0.1, 0.15) is 6.92 Å². The van der Waals surface area contributed by atoms with E-state index in [1.54, 1.807) is 37.3 Å². The molecular weight excluding hydrogens is 524 g/mol. The molecule has 1 aromatic heterocycles. The van der Waals surface area contributed by atoms with Gasteiger partial charge in [0.25, 0.3) is 5.91 Å². The second-order valence-corrected chi connectivity index (χ2v) is 8.76. The van der Waals surface area contributed by atoms with E-state index in [9.17, 15) is 9.18 Å². The van der Waals surface area contributed by atoms with Gasteiger partial charge in [0.05, 0.1) is 15.6 Å². The number of amides is 1. The Hall–Kier alpha value is -2.91. The Bertz CT molecular complexity index is 1410. The summed E-state index contributed by atoms with van der Waals surface area (Å²) >= 11 is 23.3. The van der Waals surface area contributed by atoms with E-state index in [-0.39, 0.29) is 21.0 Å². The number of thiocarbonyl (C=S) groups is 1. The first-order valence-corrected chi connectivity index (χ1v) is 11.3. The summed E-state index contributed by atoms with van der Waals surface area (Å²) in [5, 5.41) is 6.47.